The van der Waals surface area contributed by atoms with Crippen LogP contribution in [-0.4, -0.2) is 38.3 Å². The van der Waals surface area contributed by atoms with Crippen molar-refractivity contribution in [2.75, 3.05) is 26.4 Å². The second-order valence-electron chi connectivity index (χ2n) is 6.48. The highest BCUT2D eigenvalue weighted by atomic mass is 16.5. The molecule has 2 aromatic rings. The minimum absolute atomic E-state index is 0.0824. The van der Waals surface area contributed by atoms with Crippen molar-refractivity contribution in [2.45, 2.75) is 25.9 Å². The summed E-state index contributed by atoms with van der Waals surface area (Å²) in [6.07, 6.45) is 2.12. The van der Waals surface area contributed by atoms with E-state index in [0.717, 1.165) is 26.1 Å². The first-order valence-electron chi connectivity index (χ1n) is 9.31. The van der Waals surface area contributed by atoms with Crippen LogP contribution in [0.2, 0.25) is 0 Å². The maximum Gasteiger partial charge on any atom is 0.159 e. The van der Waals surface area contributed by atoms with Crippen LogP contribution in [-0.2, 0) is 9.47 Å². The number of carbonyl (C=O) groups excluding carboxylic acids is 1. The van der Waals surface area contributed by atoms with Gasteiger partial charge in [-0.1, -0.05) is 0 Å². The third kappa shape index (κ3) is 5.56. The van der Waals surface area contributed by atoms with Gasteiger partial charge in [-0.2, -0.15) is 5.26 Å². The Morgan fingerprint density at radius 1 is 1.11 bits per heavy atom. The number of carbonyl (C=O) groups is 1. The molecule has 1 fully saturated rings. The van der Waals surface area contributed by atoms with E-state index in [1.54, 1.807) is 42.5 Å². The van der Waals surface area contributed by atoms with E-state index in [4.69, 9.17) is 18.9 Å². The molecule has 6 nitrogen and oxygen atoms in total. The van der Waals surface area contributed by atoms with Gasteiger partial charge in [0.15, 0.2) is 5.78 Å². The summed E-state index contributed by atoms with van der Waals surface area (Å²) in [5.74, 6) is 1.54. The van der Waals surface area contributed by atoms with Gasteiger partial charge in [0.2, 0.25) is 0 Å². The van der Waals surface area contributed by atoms with E-state index in [-0.39, 0.29) is 11.9 Å². The molecule has 1 heterocycles. The predicted molar refractivity (Wildman–Crippen MR) is 103 cm³/mol. The summed E-state index contributed by atoms with van der Waals surface area (Å²) in [6, 6.07) is 14.0. The Labute approximate surface area is 164 Å². The lowest BCUT2D eigenvalue weighted by Crippen LogP contribution is -2.25. The van der Waals surface area contributed by atoms with Gasteiger partial charge in [0.25, 0.3) is 0 Å². The summed E-state index contributed by atoms with van der Waals surface area (Å²) in [6.45, 7) is 4.00. The molecule has 2 aromatic carbocycles. The Kier molecular flexibility index (Phi) is 7.01. The van der Waals surface area contributed by atoms with E-state index in [1.165, 1.54) is 6.92 Å². The van der Waals surface area contributed by atoms with Gasteiger partial charge in [-0.05, 0) is 62.2 Å². The van der Waals surface area contributed by atoms with Crippen LogP contribution in [0.3, 0.4) is 0 Å². The van der Waals surface area contributed by atoms with Crippen molar-refractivity contribution < 1.29 is 23.7 Å². The van der Waals surface area contributed by atoms with Gasteiger partial charge in [-0.15, -0.1) is 0 Å². The monoisotopic (exact) mass is 381 g/mol. The van der Waals surface area contributed by atoms with Crippen LogP contribution in [0.4, 0.5) is 0 Å². The van der Waals surface area contributed by atoms with Gasteiger partial charge in [0, 0.05) is 18.8 Å². The summed E-state index contributed by atoms with van der Waals surface area (Å²) in [5, 5.41) is 9.23. The molecule has 146 valence electrons. The van der Waals surface area contributed by atoms with Crippen molar-refractivity contribution in [3.8, 4) is 23.3 Å². The standard InChI is InChI=1S/C22H23NO5/c1-16(24)17-2-3-18(15-23)22(14-17)28-21-6-4-19(5-7-21)26-12-13-27-20-8-10-25-11-9-20/h2-7,14,20H,8-13H2,1H3. The Bertz CT molecular complexity index is 835. The highest BCUT2D eigenvalue weighted by Gasteiger charge is 2.13. The van der Waals surface area contributed by atoms with Crippen LogP contribution in [0.1, 0.15) is 35.7 Å². The minimum atomic E-state index is -0.0824. The molecule has 0 N–H and O–H groups in total. The number of ketones is 1. The zero-order valence-electron chi connectivity index (χ0n) is 15.8. The number of rotatable bonds is 8. The van der Waals surface area contributed by atoms with E-state index >= 15 is 0 Å². The zero-order valence-corrected chi connectivity index (χ0v) is 15.8. The topological polar surface area (TPSA) is 77.8 Å². The molecule has 0 spiro atoms. The predicted octanol–water partition coefficient (Wildman–Crippen LogP) is 4.13. The van der Waals surface area contributed by atoms with Gasteiger partial charge < -0.3 is 18.9 Å². The summed E-state index contributed by atoms with van der Waals surface area (Å²) in [4.78, 5) is 11.5. The van der Waals surface area contributed by atoms with Crippen molar-refractivity contribution >= 4 is 5.78 Å². The van der Waals surface area contributed by atoms with Gasteiger partial charge in [-0.25, -0.2) is 0 Å². The Hall–Kier alpha value is -2.88. The smallest absolute Gasteiger partial charge is 0.159 e. The van der Waals surface area contributed by atoms with Crippen LogP contribution in [0.25, 0.3) is 0 Å². The second-order valence-corrected chi connectivity index (χ2v) is 6.48. The quantitative estimate of drug-likeness (QED) is 0.505. The van der Waals surface area contributed by atoms with Crippen LogP contribution in [0, 0.1) is 11.3 Å². The highest BCUT2D eigenvalue weighted by Crippen LogP contribution is 2.28. The molecule has 0 atom stereocenters. The molecule has 0 radical (unpaired) electrons. The number of nitrogens with zero attached hydrogens (tertiary/aromatic N) is 1. The molecule has 0 unspecified atom stereocenters. The number of benzene rings is 2. The molecule has 1 aliphatic heterocycles. The molecule has 0 aliphatic carbocycles. The number of ether oxygens (including phenoxy) is 4. The molecule has 28 heavy (non-hydrogen) atoms. The van der Waals surface area contributed by atoms with Crippen LogP contribution in [0.15, 0.2) is 42.5 Å². The fraction of sp³-hybridized carbons (Fsp3) is 0.364. The first-order chi connectivity index (χ1) is 13.7. The summed E-state index contributed by atoms with van der Waals surface area (Å²) in [7, 11) is 0. The van der Waals surface area contributed by atoms with Gasteiger partial charge in [-0.3, -0.25) is 4.79 Å². The molecule has 3 rings (SSSR count). The SMILES string of the molecule is CC(=O)c1ccc(C#N)c(Oc2ccc(OCCOC3CCOCC3)cc2)c1. The van der Waals surface area contributed by atoms with Crippen molar-refractivity contribution in [1.82, 2.24) is 0 Å². The van der Waals surface area contributed by atoms with E-state index in [2.05, 4.69) is 6.07 Å². The van der Waals surface area contributed by atoms with Crippen molar-refractivity contribution in [3.05, 3.63) is 53.6 Å². The fourth-order valence-electron chi connectivity index (χ4n) is 2.87. The largest absolute Gasteiger partial charge is 0.491 e. The highest BCUT2D eigenvalue weighted by molar-refractivity contribution is 5.94. The maximum atomic E-state index is 11.5. The number of hydrogen-bond donors (Lipinski definition) is 0. The van der Waals surface area contributed by atoms with Gasteiger partial charge >= 0.3 is 0 Å². The lowest BCUT2D eigenvalue weighted by molar-refractivity contribution is -0.0388. The van der Waals surface area contributed by atoms with E-state index in [9.17, 15) is 10.1 Å². The van der Waals surface area contributed by atoms with E-state index < -0.39 is 0 Å². The third-order valence-corrected chi connectivity index (χ3v) is 4.43. The summed E-state index contributed by atoms with van der Waals surface area (Å²) >= 11 is 0. The molecule has 0 amide bonds. The molecule has 0 aromatic heterocycles. The summed E-state index contributed by atoms with van der Waals surface area (Å²) < 4.78 is 22.6. The lowest BCUT2D eigenvalue weighted by Gasteiger charge is -2.22. The molecule has 1 aliphatic rings. The molecule has 0 saturated carbocycles. The summed E-state index contributed by atoms with van der Waals surface area (Å²) in [5.41, 5.74) is 0.870. The van der Waals surface area contributed by atoms with Crippen molar-refractivity contribution in [3.63, 3.8) is 0 Å². The molecular weight excluding hydrogens is 358 g/mol. The van der Waals surface area contributed by atoms with E-state index in [0.29, 0.717) is 41.6 Å². The maximum absolute atomic E-state index is 11.5. The first-order valence-corrected chi connectivity index (χ1v) is 9.31. The Morgan fingerprint density at radius 2 is 1.82 bits per heavy atom. The van der Waals surface area contributed by atoms with Crippen molar-refractivity contribution in [2.24, 2.45) is 0 Å². The minimum Gasteiger partial charge on any atom is -0.491 e. The van der Waals surface area contributed by atoms with Crippen LogP contribution >= 0.6 is 0 Å². The molecular formula is C22H23NO5. The first kappa shape index (κ1) is 19.9. The fourth-order valence-corrected chi connectivity index (χ4v) is 2.87. The molecule has 0 bridgehead atoms. The number of nitriles is 1. The Balaban J connectivity index is 1.52. The molecule has 1 saturated heterocycles. The molecule has 6 heteroatoms. The average molecular weight is 381 g/mol. The normalized spacial score (nSPS) is 14.3. The van der Waals surface area contributed by atoms with Gasteiger partial charge in [0.05, 0.1) is 18.3 Å². The second kappa shape index (κ2) is 9.88. The number of Topliss-reactive ketones (excluding diaryl/α,β-unsaturated/α-hetero) is 1. The average Bonchev–Trinajstić information content (AvgIpc) is 2.73. The number of hydrogen-bond acceptors (Lipinski definition) is 6. The Morgan fingerprint density at radius 3 is 2.50 bits per heavy atom. The zero-order chi connectivity index (χ0) is 19.8. The van der Waals surface area contributed by atoms with E-state index in [1.807, 2.05) is 0 Å². The lowest BCUT2D eigenvalue weighted by atomic mass is 10.1. The van der Waals surface area contributed by atoms with Crippen molar-refractivity contribution in [1.29, 1.82) is 5.26 Å². The van der Waals surface area contributed by atoms with Crippen LogP contribution in [0.5, 0.6) is 17.2 Å². The third-order valence-electron chi connectivity index (χ3n) is 4.43. The van der Waals surface area contributed by atoms with Crippen LogP contribution < -0.4 is 9.47 Å². The van der Waals surface area contributed by atoms with Gasteiger partial charge in [0.1, 0.15) is 29.9 Å².